The van der Waals surface area contributed by atoms with Gasteiger partial charge in [-0.1, -0.05) is 50.1 Å². The SMILES string of the molecule is CCCC[C@H](CN)CCc1ccccc1. The van der Waals surface area contributed by atoms with Crippen molar-refractivity contribution in [2.45, 2.75) is 39.0 Å². The Labute approximate surface area is 93.7 Å². The zero-order valence-corrected chi connectivity index (χ0v) is 9.78. The molecular weight excluding hydrogens is 182 g/mol. The first-order valence-electron chi connectivity index (χ1n) is 6.10. The van der Waals surface area contributed by atoms with E-state index in [1.807, 2.05) is 0 Å². The van der Waals surface area contributed by atoms with Crippen molar-refractivity contribution in [3.8, 4) is 0 Å². The Balaban J connectivity index is 2.28. The third-order valence-corrected chi connectivity index (χ3v) is 2.98. The number of hydrogen-bond donors (Lipinski definition) is 1. The molecule has 2 N–H and O–H groups in total. The van der Waals surface area contributed by atoms with Gasteiger partial charge in [-0.15, -0.1) is 0 Å². The van der Waals surface area contributed by atoms with E-state index in [9.17, 15) is 0 Å². The summed E-state index contributed by atoms with van der Waals surface area (Å²) in [6.07, 6.45) is 6.30. The largest absolute Gasteiger partial charge is 0.330 e. The Hall–Kier alpha value is -0.820. The quantitative estimate of drug-likeness (QED) is 0.725. The number of aryl methyl sites for hydroxylation is 1. The van der Waals surface area contributed by atoms with Crippen LogP contribution < -0.4 is 5.73 Å². The van der Waals surface area contributed by atoms with E-state index in [0.717, 1.165) is 6.54 Å². The molecule has 0 aliphatic rings. The van der Waals surface area contributed by atoms with Crippen LogP contribution >= 0.6 is 0 Å². The molecule has 0 amide bonds. The maximum Gasteiger partial charge on any atom is -0.00488 e. The van der Waals surface area contributed by atoms with Crippen LogP contribution in [0.3, 0.4) is 0 Å². The molecule has 0 saturated carbocycles. The predicted octanol–water partition coefficient (Wildman–Crippen LogP) is 3.38. The lowest BCUT2D eigenvalue weighted by Gasteiger charge is -2.13. The fourth-order valence-electron chi connectivity index (χ4n) is 1.89. The summed E-state index contributed by atoms with van der Waals surface area (Å²) in [7, 11) is 0. The lowest BCUT2D eigenvalue weighted by Crippen LogP contribution is -2.15. The van der Waals surface area contributed by atoms with Crippen LogP contribution in [0.15, 0.2) is 30.3 Å². The van der Waals surface area contributed by atoms with Gasteiger partial charge in [0.15, 0.2) is 0 Å². The van der Waals surface area contributed by atoms with Crippen LogP contribution in [0, 0.1) is 5.92 Å². The Morgan fingerprint density at radius 1 is 1.13 bits per heavy atom. The summed E-state index contributed by atoms with van der Waals surface area (Å²) in [6.45, 7) is 3.08. The second-order valence-electron chi connectivity index (χ2n) is 4.27. The third-order valence-electron chi connectivity index (χ3n) is 2.98. The average Bonchev–Trinajstić information content (AvgIpc) is 2.31. The van der Waals surface area contributed by atoms with E-state index in [-0.39, 0.29) is 0 Å². The monoisotopic (exact) mass is 205 g/mol. The van der Waals surface area contributed by atoms with Gasteiger partial charge in [0, 0.05) is 0 Å². The second-order valence-corrected chi connectivity index (χ2v) is 4.27. The van der Waals surface area contributed by atoms with Crippen LogP contribution in [0.5, 0.6) is 0 Å². The first kappa shape index (κ1) is 12.3. The van der Waals surface area contributed by atoms with Crippen molar-refractivity contribution >= 4 is 0 Å². The lowest BCUT2D eigenvalue weighted by molar-refractivity contribution is 0.444. The van der Waals surface area contributed by atoms with Crippen LogP contribution in [-0.2, 0) is 6.42 Å². The molecule has 0 aliphatic heterocycles. The lowest BCUT2D eigenvalue weighted by atomic mass is 9.95. The Bertz CT molecular complexity index is 243. The highest BCUT2D eigenvalue weighted by atomic mass is 14.5. The molecule has 0 spiro atoms. The smallest absolute Gasteiger partial charge is 0.00488 e. The molecule has 0 aromatic heterocycles. The third kappa shape index (κ3) is 4.98. The molecule has 1 atom stereocenters. The van der Waals surface area contributed by atoms with Gasteiger partial charge >= 0.3 is 0 Å². The summed E-state index contributed by atoms with van der Waals surface area (Å²) in [5.74, 6) is 0.713. The van der Waals surface area contributed by atoms with E-state index >= 15 is 0 Å². The maximum atomic E-state index is 5.78. The highest BCUT2D eigenvalue weighted by Gasteiger charge is 2.05. The zero-order valence-electron chi connectivity index (χ0n) is 9.78. The van der Waals surface area contributed by atoms with E-state index < -0.39 is 0 Å². The van der Waals surface area contributed by atoms with Crippen LogP contribution in [-0.4, -0.2) is 6.54 Å². The van der Waals surface area contributed by atoms with Crippen LogP contribution in [0.4, 0.5) is 0 Å². The van der Waals surface area contributed by atoms with Crippen molar-refractivity contribution in [2.24, 2.45) is 11.7 Å². The fraction of sp³-hybridized carbons (Fsp3) is 0.571. The van der Waals surface area contributed by atoms with Crippen molar-refractivity contribution in [3.05, 3.63) is 35.9 Å². The van der Waals surface area contributed by atoms with Gasteiger partial charge in [0.1, 0.15) is 0 Å². The molecule has 0 fully saturated rings. The first-order valence-corrected chi connectivity index (χ1v) is 6.10. The summed E-state index contributed by atoms with van der Waals surface area (Å²) < 4.78 is 0. The molecule has 84 valence electrons. The molecule has 1 aromatic rings. The van der Waals surface area contributed by atoms with E-state index in [2.05, 4.69) is 37.3 Å². The van der Waals surface area contributed by atoms with Crippen LogP contribution in [0.1, 0.15) is 38.2 Å². The molecule has 0 saturated heterocycles. The standard InChI is InChI=1S/C14H23N/c1-2-3-7-14(12-15)11-10-13-8-5-4-6-9-13/h4-6,8-9,14H,2-3,7,10-12,15H2,1H3/t14-/m0/s1. The fourth-order valence-corrected chi connectivity index (χ4v) is 1.89. The van der Waals surface area contributed by atoms with Gasteiger partial charge in [0.05, 0.1) is 0 Å². The Morgan fingerprint density at radius 3 is 2.47 bits per heavy atom. The highest BCUT2D eigenvalue weighted by Crippen LogP contribution is 2.14. The van der Waals surface area contributed by atoms with Crippen LogP contribution in [0.25, 0.3) is 0 Å². The van der Waals surface area contributed by atoms with Gasteiger partial charge in [0.25, 0.3) is 0 Å². The molecule has 1 rings (SSSR count). The predicted molar refractivity (Wildman–Crippen MR) is 66.8 cm³/mol. The number of unbranched alkanes of at least 4 members (excludes halogenated alkanes) is 1. The minimum Gasteiger partial charge on any atom is -0.330 e. The van der Waals surface area contributed by atoms with Gasteiger partial charge < -0.3 is 5.73 Å². The first-order chi connectivity index (χ1) is 7.36. The minimum absolute atomic E-state index is 0.713. The summed E-state index contributed by atoms with van der Waals surface area (Å²) in [5, 5.41) is 0. The van der Waals surface area contributed by atoms with Gasteiger partial charge in [0.2, 0.25) is 0 Å². The molecule has 1 aromatic carbocycles. The van der Waals surface area contributed by atoms with Crippen molar-refractivity contribution in [1.82, 2.24) is 0 Å². The summed E-state index contributed by atoms with van der Waals surface area (Å²) in [6, 6.07) is 10.7. The maximum absolute atomic E-state index is 5.78. The molecule has 15 heavy (non-hydrogen) atoms. The van der Waals surface area contributed by atoms with Crippen molar-refractivity contribution < 1.29 is 0 Å². The van der Waals surface area contributed by atoms with Gasteiger partial charge in [-0.3, -0.25) is 0 Å². The van der Waals surface area contributed by atoms with E-state index in [4.69, 9.17) is 5.73 Å². The molecule has 0 unspecified atom stereocenters. The summed E-state index contributed by atoms with van der Waals surface area (Å²) in [5.41, 5.74) is 7.22. The Morgan fingerprint density at radius 2 is 1.87 bits per heavy atom. The number of benzene rings is 1. The van der Waals surface area contributed by atoms with E-state index in [1.165, 1.54) is 37.7 Å². The molecule has 1 heteroatoms. The minimum atomic E-state index is 0.713. The number of nitrogens with two attached hydrogens (primary N) is 1. The van der Waals surface area contributed by atoms with Gasteiger partial charge in [-0.05, 0) is 37.3 Å². The van der Waals surface area contributed by atoms with E-state index in [0.29, 0.717) is 5.92 Å². The molecule has 0 bridgehead atoms. The molecule has 0 aliphatic carbocycles. The van der Waals surface area contributed by atoms with E-state index in [1.54, 1.807) is 0 Å². The topological polar surface area (TPSA) is 26.0 Å². The summed E-state index contributed by atoms with van der Waals surface area (Å²) in [4.78, 5) is 0. The van der Waals surface area contributed by atoms with Crippen molar-refractivity contribution in [1.29, 1.82) is 0 Å². The number of rotatable bonds is 7. The second kappa shape index (κ2) is 7.47. The summed E-state index contributed by atoms with van der Waals surface area (Å²) >= 11 is 0. The van der Waals surface area contributed by atoms with Gasteiger partial charge in [-0.2, -0.15) is 0 Å². The molecule has 0 heterocycles. The average molecular weight is 205 g/mol. The Kier molecular flexibility index (Phi) is 6.10. The van der Waals surface area contributed by atoms with Gasteiger partial charge in [-0.25, -0.2) is 0 Å². The highest BCUT2D eigenvalue weighted by molar-refractivity contribution is 5.14. The van der Waals surface area contributed by atoms with Crippen molar-refractivity contribution in [3.63, 3.8) is 0 Å². The zero-order chi connectivity index (χ0) is 10.9. The molecule has 1 nitrogen and oxygen atoms in total. The number of hydrogen-bond acceptors (Lipinski definition) is 1. The molecular formula is C14H23N. The molecule has 0 radical (unpaired) electrons. The normalized spacial score (nSPS) is 12.7. The van der Waals surface area contributed by atoms with Crippen molar-refractivity contribution in [2.75, 3.05) is 6.54 Å². The van der Waals surface area contributed by atoms with Crippen LogP contribution in [0.2, 0.25) is 0 Å².